The normalized spacial score (nSPS) is 12.6. The van der Waals surface area contributed by atoms with E-state index in [2.05, 4.69) is 10.1 Å². The van der Waals surface area contributed by atoms with Crippen LogP contribution in [0, 0.1) is 5.82 Å². The fraction of sp³-hybridized carbons (Fsp3) is 0.200. The van der Waals surface area contributed by atoms with Gasteiger partial charge in [-0.3, -0.25) is 4.79 Å². The summed E-state index contributed by atoms with van der Waals surface area (Å²) in [6, 6.07) is 8.69. The minimum Gasteiger partial charge on any atom is -0.467 e. The van der Waals surface area contributed by atoms with Crippen LogP contribution >= 0.6 is 0 Å². The maximum absolute atomic E-state index is 13.0. The van der Waals surface area contributed by atoms with Crippen molar-refractivity contribution in [3.63, 3.8) is 0 Å². The van der Waals surface area contributed by atoms with Gasteiger partial charge in [-0.15, -0.1) is 0 Å². The molecule has 0 bridgehead atoms. The van der Waals surface area contributed by atoms with E-state index < -0.39 is 35.5 Å². The number of nitrogens with one attached hydrogen (secondary N) is 1. The maximum atomic E-state index is 13.0. The van der Waals surface area contributed by atoms with Gasteiger partial charge in [-0.05, 0) is 41.5 Å². The van der Waals surface area contributed by atoms with Crippen molar-refractivity contribution in [2.45, 2.75) is 18.6 Å². The van der Waals surface area contributed by atoms with Gasteiger partial charge < -0.3 is 10.1 Å². The minimum atomic E-state index is -4.44. The standard InChI is InChI=1S/C20H17F4NO3/c1-28-19(27)17(12-14-4-9-16(21)10-5-14)25-18(26)11-6-13-2-7-15(8-3-13)20(22,23)24/h2-11,17H,12H2,1H3,(H,25,26)/b11-6+. The van der Waals surface area contributed by atoms with Crippen molar-refractivity contribution >= 4 is 18.0 Å². The minimum absolute atomic E-state index is 0.0901. The van der Waals surface area contributed by atoms with E-state index in [0.29, 0.717) is 11.1 Å². The highest BCUT2D eigenvalue weighted by Crippen LogP contribution is 2.29. The van der Waals surface area contributed by atoms with E-state index in [0.717, 1.165) is 18.2 Å². The Kier molecular flexibility index (Phi) is 6.92. The van der Waals surface area contributed by atoms with Gasteiger partial charge in [-0.2, -0.15) is 13.2 Å². The van der Waals surface area contributed by atoms with Crippen LogP contribution in [-0.2, 0) is 26.9 Å². The molecule has 0 radical (unpaired) electrons. The fourth-order valence-corrected chi connectivity index (χ4v) is 2.37. The zero-order valence-corrected chi connectivity index (χ0v) is 14.8. The first-order chi connectivity index (χ1) is 13.2. The van der Waals surface area contributed by atoms with Gasteiger partial charge >= 0.3 is 12.1 Å². The van der Waals surface area contributed by atoms with Crippen LogP contribution in [0.25, 0.3) is 6.08 Å². The summed E-state index contributed by atoms with van der Waals surface area (Å²) >= 11 is 0. The largest absolute Gasteiger partial charge is 0.467 e. The molecule has 1 amide bonds. The van der Waals surface area contributed by atoms with Gasteiger partial charge in [0.25, 0.3) is 0 Å². The number of hydrogen-bond donors (Lipinski definition) is 1. The molecule has 148 valence electrons. The molecule has 2 aromatic rings. The quantitative estimate of drug-likeness (QED) is 0.460. The van der Waals surface area contributed by atoms with Crippen molar-refractivity contribution in [1.82, 2.24) is 5.32 Å². The fourth-order valence-electron chi connectivity index (χ4n) is 2.37. The molecule has 0 aromatic heterocycles. The smallest absolute Gasteiger partial charge is 0.416 e. The molecule has 0 spiro atoms. The molecule has 0 aliphatic carbocycles. The van der Waals surface area contributed by atoms with Crippen LogP contribution in [-0.4, -0.2) is 25.0 Å². The SMILES string of the molecule is COC(=O)C(Cc1ccc(F)cc1)NC(=O)/C=C/c1ccc(C(F)(F)F)cc1. The predicted molar refractivity (Wildman–Crippen MR) is 94.5 cm³/mol. The maximum Gasteiger partial charge on any atom is 0.416 e. The Hall–Kier alpha value is -3.16. The summed E-state index contributed by atoms with van der Waals surface area (Å²) < 4.78 is 55.3. The molecule has 1 N–H and O–H groups in total. The molecule has 0 aliphatic rings. The van der Waals surface area contributed by atoms with E-state index in [9.17, 15) is 27.2 Å². The summed E-state index contributed by atoms with van der Waals surface area (Å²) in [5.41, 5.74) is 0.208. The molecule has 0 aliphatic heterocycles. The van der Waals surface area contributed by atoms with Crippen LogP contribution in [0.2, 0.25) is 0 Å². The first kappa shape index (κ1) is 21.1. The van der Waals surface area contributed by atoms with Crippen LogP contribution in [0.3, 0.4) is 0 Å². The first-order valence-electron chi connectivity index (χ1n) is 8.17. The molecule has 28 heavy (non-hydrogen) atoms. The van der Waals surface area contributed by atoms with Crippen LogP contribution in [0.15, 0.2) is 54.6 Å². The number of rotatable bonds is 6. The summed E-state index contributed by atoms with van der Waals surface area (Å²) in [4.78, 5) is 24.0. The molecule has 1 atom stereocenters. The third-order valence-corrected chi connectivity index (χ3v) is 3.82. The number of amides is 1. The van der Waals surface area contributed by atoms with Gasteiger partial charge in [0.15, 0.2) is 0 Å². The number of carbonyl (C=O) groups is 2. The van der Waals surface area contributed by atoms with E-state index in [4.69, 9.17) is 0 Å². The Morgan fingerprint density at radius 3 is 2.21 bits per heavy atom. The van der Waals surface area contributed by atoms with Crippen molar-refractivity contribution in [2.24, 2.45) is 0 Å². The molecule has 0 saturated heterocycles. The van der Waals surface area contributed by atoms with E-state index in [1.807, 2.05) is 0 Å². The molecule has 0 heterocycles. The van der Waals surface area contributed by atoms with Crippen molar-refractivity contribution in [1.29, 1.82) is 0 Å². The number of ether oxygens (including phenoxy) is 1. The first-order valence-corrected chi connectivity index (χ1v) is 8.17. The number of benzene rings is 2. The number of halogens is 4. The average Bonchev–Trinajstić information content (AvgIpc) is 2.66. The summed E-state index contributed by atoms with van der Waals surface area (Å²) in [6.07, 6.45) is -1.93. The molecule has 0 fully saturated rings. The highest BCUT2D eigenvalue weighted by atomic mass is 19.4. The lowest BCUT2D eigenvalue weighted by atomic mass is 10.1. The van der Waals surface area contributed by atoms with Gasteiger partial charge in [0.1, 0.15) is 11.9 Å². The average molecular weight is 395 g/mol. The lowest BCUT2D eigenvalue weighted by Gasteiger charge is -2.15. The monoisotopic (exact) mass is 395 g/mol. The number of hydrogen-bond acceptors (Lipinski definition) is 3. The van der Waals surface area contributed by atoms with Gasteiger partial charge in [-0.25, -0.2) is 9.18 Å². The lowest BCUT2D eigenvalue weighted by Crippen LogP contribution is -2.42. The molecule has 1 unspecified atom stereocenters. The second-order valence-corrected chi connectivity index (χ2v) is 5.87. The van der Waals surface area contributed by atoms with E-state index in [1.54, 1.807) is 0 Å². The van der Waals surface area contributed by atoms with E-state index >= 15 is 0 Å². The second kappa shape index (κ2) is 9.16. The summed E-state index contributed by atoms with van der Waals surface area (Å²) in [7, 11) is 1.17. The Balaban J connectivity index is 2.03. The van der Waals surface area contributed by atoms with Crippen LogP contribution in [0.1, 0.15) is 16.7 Å². The topological polar surface area (TPSA) is 55.4 Å². The summed E-state index contributed by atoms with van der Waals surface area (Å²) in [6.45, 7) is 0. The number of carbonyl (C=O) groups excluding carboxylic acids is 2. The molecular formula is C20H17F4NO3. The summed E-state index contributed by atoms with van der Waals surface area (Å²) in [5.74, 6) is -1.74. The Bertz CT molecular complexity index is 843. The van der Waals surface area contributed by atoms with E-state index in [-0.39, 0.29) is 6.42 Å². The van der Waals surface area contributed by atoms with Gasteiger partial charge in [0, 0.05) is 12.5 Å². The molecule has 4 nitrogen and oxygen atoms in total. The Morgan fingerprint density at radius 2 is 1.68 bits per heavy atom. The third-order valence-electron chi connectivity index (χ3n) is 3.82. The summed E-state index contributed by atoms with van der Waals surface area (Å²) in [5, 5.41) is 2.46. The lowest BCUT2D eigenvalue weighted by molar-refractivity contribution is -0.144. The van der Waals surface area contributed by atoms with E-state index in [1.165, 1.54) is 49.6 Å². The molecular weight excluding hydrogens is 378 g/mol. The number of alkyl halides is 3. The molecule has 2 aromatic carbocycles. The molecule has 8 heteroatoms. The Morgan fingerprint density at radius 1 is 1.07 bits per heavy atom. The number of esters is 1. The zero-order chi connectivity index (χ0) is 20.7. The highest BCUT2D eigenvalue weighted by Gasteiger charge is 2.29. The molecule has 0 saturated carbocycles. The highest BCUT2D eigenvalue weighted by molar-refractivity contribution is 5.94. The van der Waals surface area contributed by atoms with Gasteiger partial charge in [-0.1, -0.05) is 24.3 Å². The van der Waals surface area contributed by atoms with Gasteiger partial charge in [0.05, 0.1) is 12.7 Å². The van der Waals surface area contributed by atoms with Crippen LogP contribution in [0.4, 0.5) is 17.6 Å². The van der Waals surface area contributed by atoms with Crippen molar-refractivity contribution in [2.75, 3.05) is 7.11 Å². The van der Waals surface area contributed by atoms with Crippen molar-refractivity contribution < 1.29 is 31.9 Å². The Labute approximate surface area is 158 Å². The third kappa shape index (κ3) is 6.22. The zero-order valence-electron chi connectivity index (χ0n) is 14.8. The van der Waals surface area contributed by atoms with Crippen LogP contribution < -0.4 is 5.32 Å². The molecule has 2 rings (SSSR count). The van der Waals surface area contributed by atoms with Gasteiger partial charge in [0.2, 0.25) is 5.91 Å². The van der Waals surface area contributed by atoms with Crippen molar-refractivity contribution in [3.8, 4) is 0 Å². The second-order valence-electron chi connectivity index (χ2n) is 5.87. The number of methoxy groups -OCH3 is 1. The predicted octanol–water partition coefficient (Wildman–Crippen LogP) is 3.76. The van der Waals surface area contributed by atoms with Crippen molar-refractivity contribution in [3.05, 3.63) is 77.1 Å². The van der Waals surface area contributed by atoms with Crippen LogP contribution in [0.5, 0.6) is 0 Å².